The molecule has 1 rings (SSSR count). The summed E-state index contributed by atoms with van der Waals surface area (Å²) in [6, 6.07) is 0. The quantitative estimate of drug-likeness (QED) is 0.219. The second kappa shape index (κ2) is 12.3. The molecule has 0 aromatic heterocycles. The van der Waals surface area contributed by atoms with Gasteiger partial charge in [-0.25, -0.2) is 0 Å². The van der Waals surface area contributed by atoms with Crippen LogP contribution in [0.1, 0.15) is 40.5 Å². The van der Waals surface area contributed by atoms with Gasteiger partial charge in [-0.05, 0) is 45.4 Å². The van der Waals surface area contributed by atoms with Crippen LogP contribution in [0.15, 0.2) is 0 Å². The summed E-state index contributed by atoms with van der Waals surface area (Å²) >= 11 is 1.82. The SMILES string of the molecule is CCOSC(=O)SCC1CC(C(=O)OCC)(C(=O)OCC)CC1COC(C)=O. The molecule has 0 radical (unpaired) electrons. The van der Waals surface area contributed by atoms with Gasteiger partial charge in [-0.2, -0.15) is 0 Å². The highest BCUT2D eigenvalue weighted by Gasteiger charge is 2.57. The zero-order valence-corrected chi connectivity index (χ0v) is 18.3. The Morgan fingerprint density at radius 1 is 0.893 bits per heavy atom. The van der Waals surface area contributed by atoms with Crippen molar-refractivity contribution in [2.75, 3.05) is 32.2 Å². The van der Waals surface area contributed by atoms with Crippen molar-refractivity contribution in [2.45, 2.75) is 40.5 Å². The third-order valence-corrected chi connectivity index (χ3v) is 6.26. The van der Waals surface area contributed by atoms with Crippen LogP contribution in [0.25, 0.3) is 0 Å². The molecule has 0 aromatic rings. The summed E-state index contributed by atoms with van der Waals surface area (Å²) in [6.45, 7) is 7.15. The summed E-state index contributed by atoms with van der Waals surface area (Å²) < 4.78 is 20.3. The first kappa shape index (κ1) is 24.8. The van der Waals surface area contributed by atoms with E-state index in [2.05, 4.69) is 0 Å². The van der Waals surface area contributed by atoms with Crippen LogP contribution in [0.5, 0.6) is 0 Å². The van der Waals surface area contributed by atoms with Gasteiger partial charge >= 0.3 is 17.9 Å². The predicted octanol–water partition coefficient (Wildman–Crippen LogP) is 3.23. The van der Waals surface area contributed by atoms with E-state index in [1.807, 2.05) is 0 Å². The molecule has 0 bridgehead atoms. The van der Waals surface area contributed by atoms with Gasteiger partial charge in [0, 0.05) is 12.7 Å². The number of hydrogen-bond acceptors (Lipinski definition) is 10. The number of hydrogen-bond donors (Lipinski definition) is 0. The zero-order valence-electron chi connectivity index (χ0n) is 16.7. The van der Waals surface area contributed by atoms with Gasteiger partial charge in [-0.1, -0.05) is 11.8 Å². The van der Waals surface area contributed by atoms with E-state index in [1.54, 1.807) is 20.8 Å². The second-order valence-corrected chi connectivity index (χ2v) is 8.33. The van der Waals surface area contributed by atoms with Crippen molar-refractivity contribution < 1.29 is 37.6 Å². The number of carbonyl (C=O) groups excluding carboxylic acids is 4. The van der Waals surface area contributed by atoms with Crippen molar-refractivity contribution in [1.82, 2.24) is 0 Å². The number of thioether (sulfide) groups is 1. The Labute approximate surface area is 173 Å². The van der Waals surface area contributed by atoms with Crippen LogP contribution in [0, 0.1) is 17.3 Å². The molecule has 0 spiro atoms. The number of esters is 3. The van der Waals surface area contributed by atoms with E-state index in [9.17, 15) is 19.2 Å². The summed E-state index contributed by atoms with van der Waals surface area (Å²) in [4.78, 5) is 48.5. The summed E-state index contributed by atoms with van der Waals surface area (Å²) in [6.07, 6.45) is 0.326. The largest absolute Gasteiger partial charge is 0.466 e. The van der Waals surface area contributed by atoms with Gasteiger partial charge in [0.2, 0.25) is 0 Å². The standard InChI is InChI=1S/C18H28O8S2/c1-5-23-15(20)18(16(21)24-6-2)8-13(10-25-12(4)19)14(9-18)11-27-17(22)28-26-7-3/h13-14H,5-11H2,1-4H3. The lowest BCUT2D eigenvalue weighted by atomic mass is 9.85. The lowest BCUT2D eigenvalue weighted by Gasteiger charge is -2.24. The maximum atomic E-state index is 12.7. The molecule has 2 unspecified atom stereocenters. The summed E-state index contributed by atoms with van der Waals surface area (Å²) in [5.41, 5.74) is -1.45. The van der Waals surface area contributed by atoms with Gasteiger partial charge in [-0.3, -0.25) is 19.2 Å². The molecule has 10 heteroatoms. The van der Waals surface area contributed by atoms with Crippen LogP contribution >= 0.6 is 23.8 Å². The molecule has 0 aliphatic heterocycles. The van der Waals surface area contributed by atoms with E-state index in [1.165, 1.54) is 6.92 Å². The highest BCUT2D eigenvalue weighted by molar-refractivity contribution is 8.36. The van der Waals surface area contributed by atoms with Crippen LogP contribution in [-0.4, -0.2) is 54.5 Å². The molecule has 160 valence electrons. The Balaban J connectivity index is 2.99. The van der Waals surface area contributed by atoms with Crippen molar-refractivity contribution in [3.63, 3.8) is 0 Å². The van der Waals surface area contributed by atoms with Gasteiger partial charge in [0.1, 0.15) is 0 Å². The van der Waals surface area contributed by atoms with Gasteiger partial charge < -0.3 is 18.4 Å². The molecular formula is C18H28O8S2. The average Bonchev–Trinajstić information content (AvgIpc) is 3.03. The van der Waals surface area contributed by atoms with Crippen LogP contribution < -0.4 is 0 Å². The maximum Gasteiger partial charge on any atom is 0.323 e. The molecule has 0 heterocycles. The maximum absolute atomic E-state index is 12.7. The Bertz CT molecular complexity index is 548. The van der Waals surface area contributed by atoms with Gasteiger partial charge in [0.15, 0.2) is 5.41 Å². The highest BCUT2D eigenvalue weighted by atomic mass is 32.2. The molecule has 0 amide bonds. The fraction of sp³-hybridized carbons (Fsp3) is 0.778. The minimum absolute atomic E-state index is 0.0634. The Morgan fingerprint density at radius 3 is 1.96 bits per heavy atom. The second-order valence-electron chi connectivity index (χ2n) is 6.30. The summed E-state index contributed by atoms with van der Waals surface area (Å²) in [5, 5.41) is 0. The van der Waals surface area contributed by atoms with Crippen LogP contribution in [0.2, 0.25) is 0 Å². The van der Waals surface area contributed by atoms with E-state index in [0.29, 0.717) is 12.4 Å². The van der Waals surface area contributed by atoms with Crippen molar-refractivity contribution in [1.29, 1.82) is 0 Å². The van der Waals surface area contributed by atoms with Crippen LogP contribution in [0.4, 0.5) is 4.79 Å². The van der Waals surface area contributed by atoms with Crippen LogP contribution in [0.3, 0.4) is 0 Å². The smallest absolute Gasteiger partial charge is 0.323 e. The first-order valence-corrected chi connectivity index (χ1v) is 11.0. The van der Waals surface area contributed by atoms with E-state index >= 15 is 0 Å². The highest BCUT2D eigenvalue weighted by Crippen LogP contribution is 2.49. The molecule has 1 saturated carbocycles. The molecular weight excluding hydrogens is 408 g/mol. The third kappa shape index (κ3) is 6.97. The minimum Gasteiger partial charge on any atom is -0.466 e. The lowest BCUT2D eigenvalue weighted by molar-refractivity contribution is -0.172. The normalized spacial score (nSPS) is 20.4. The summed E-state index contributed by atoms with van der Waals surface area (Å²) in [7, 11) is 0. The summed E-state index contributed by atoms with van der Waals surface area (Å²) in [5.74, 6) is -1.82. The molecule has 0 saturated heterocycles. The van der Waals surface area contributed by atoms with Gasteiger partial charge in [0.05, 0.1) is 38.5 Å². The van der Waals surface area contributed by atoms with Crippen LogP contribution in [-0.2, 0) is 32.8 Å². The fourth-order valence-electron chi connectivity index (χ4n) is 3.19. The van der Waals surface area contributed by atoms with Gasteiger partial charge in [-0.15, -0.1) is 0 Å². The van der Waals surface area contributed by atoms with E-state index in [-0.39, 0.29) is 48.9 Å². The first-order valence-electron chi connectivity index (χ1n) is 9.24. The Hall–Kier alpha value is -1.26. The number of rotatable bonds is 10. The topological polar surface area (TPSA) is 105 Å². The number of carbonyl (C=O) groups is 4. The third-order valence-electron chi connectivity index (χ3n) is 4.38. The number of ether oxygens (including phenoxy) is 3. The molecule has 1 aliphatic rings. The Morgan fingerprint density at radius 2 is 1.46 bits per heavy atom. The molecule has 8 nitrogen and oxygen atoms in total. The Kier molecular flexibility index (Phi) is 10.9. The molecule has 2 atom stereocenters. The lowest BCUT2D eigenvalue weighted by Crippen LogP contribution is -2.40. The van der Waals surface area contributed by atoms with Crippen molar-refractivity contribution in [3.8, 4) is 0 Å². The molecule has 0 N–H and O–H groups in total. The van der Waals surface area contributed by atoms with E-state index in [4.69, 9.17) is 18.4 Å². The van der Waals surface area contributed by atoms with E-state index in [0.717, 1.165) is 23.8 Å². The van der Waals surface area contributed by atoms with E-state index < -0.39 is 23.3 Å². The minimum atomic E-state index is -1.45. The van der Waals surface area contributed by atoms with Crippen molar-refractivity contribution in [3.05, 3.63) is 0 Å². The fourth-order valence-corrected chi connectivity index (χ4v) is 4.68. The molecule has 1 fully saturated rings. The first-order chi connectivity index (χ1) is 13.3. The monoisotopic (exact) mass is 436 g/mol. The van der Waals surface area contributed by atoms with Crippen molar-refractivity contribution in [2.24, 2.45) is 17.3 Å². The molecule has 1 aliphatic carbocycles. The molecule has 28 heavy (non-hydrogen) atoms. The van der Waals surface area contributed by atoms with Crippen molar-refractivity contribution >= 4 is 46.2 Å². The van der Waals surface area contributed by atoms with Gasteiger partial charge in [0.25, 0.3) is 4.45 Å². The molecule has 0 aromatic carbocycles. The zero-order chi connectivity index (χ0) is 21.2. The predicted molar refractivity (Wildman–Crippen MR) is 106 cm³/mol. The average molecular weight is 437 g/mol.